The molecular formula is C21H23ClN2O5. The third-order valence-corrected chi connectivity index (χ3v) is 4.19. The molecule has 0 fully saturated rings. The number of carbonyl (C=O) groups excluding carboxylic acids is 3. The van der Waals surface area contributed by atoms with Crippen molar-refractivity contribution in [3.8, 4) is 5.75 Å². The van der Waals surface area contributed by atoms with Gasteiger partial charge in [-0.05, 0) is 30.7 Å². The highest BCUT2D eigenvalue weighted by Gasteiger charge is 2.19. The summed E-state index contributed by atoms with van der Waals surface area (Å²) in [7, 11) is 1.47. The number of hydrogen-bond donors (Lipinski definition) is 2. The lowest BCUT2D eigenvalue weighted by molar-refractivity contribution is -0.153. The number of rotatable bonds is 9. The summed E-state index contributed by atoms with van der Waals surface area (Å²) in [5, 5.41) is 5.70. The first-order chi connectivity index (χ1) is 13.9. The van der Waals surface area contributed by atoms with Crippen molar-refractivity contribution in [2.75, 3.05) is 19.0 Å². The molecule has 1 unspecified atom stereocenters. The van der Waals surface area contributed by atoms with Crippen LogP contribution in [0.25, 0.3) is 0 Å². The van der Waals surface area contributed by atoms with Crippen molar-refractivity contribution in [2.24, 2.45) is 0 Å². The maximum absolute atomic E-state index is 12.3. The number of anilines is 1. The Balaban J connectivity index is 1.74. The van der Waals surface area contributed by atoms with Crippen LogP contribution in [-0.2, 0) is 25.5 Å². The predicted molar refractivity (Wildman–Crippen MR) is 110 cm³/mol. The van der Waals surface area contributed by atoms with Gasteiger partial charge in [0.25, 0.3) is 5.91 Å². The number of hydrogen-bond acceptors (Lipinski definition) is 5. The molecular weight excluding hydrogens is 396 g/mol. The number of esters is 1. The highest BCUT2D eigenvalue weighted by atomic mass is 35.5. The summed E-state index contributed by atoms with van der Waals surface area (Å²) in [5.41, 5.74) is 1.26. The monoisotopic (exact) mass is 418 g/mol. The van der Waals surface area contributed by atoms with Crippen LogP contribution in [-0.4, -0.2) is 37.5 Å². The molecule has 29 heavy (non-hydrogen) atoms. The number of benzene rings is 2. The van der Waals surface area contributed by atoms with E-state index < -0.39 is 18.0 Å². The molecule has 0 aliphatic rings. The average molecular weight is 419 g/mol. The van der Waals surface area contributed by atoms with E-state index in [0.717, 1.165) is 5.56 Å². The molecule has 7 nitrogen and oxygen atoms in total. The summed E-state index contributed by atoms with van der Waals surface area (Å²) >= 11 is 5.93. The molecule has 0 spiro atoms. The van der Waals surface area contributed by atoms with Gasteiger partial charge < -0.3 is 20.1 Å². The van der Waals surface area contributed by atoms with Crippen LogP contribution in [0.1, 0.15) is 18.9 Å². The Labute approximate surface area is 174 Å². The molecule has 8 heteroatoms. The molecule has 0 radical (unpaired) electrons. The van der Waals surface area contributed by atoms with Gasteiger partial charge in [0.15, 0.2) is 6.10 Å². The zero-order valence-electron chi connectivity index (χ0n) is 16.2. The minimum atomic E-state index is -1.02. The maximum atomic E-state index is 12.3. The first kappa shape index (κ1) is 22.2. The van der Waals surface area contributed by atoms with Crippen LogP contribution in [0.4, 0.5) is 5.69 Å². The molecule has 2 aromatic rings. The third kappa shape index (κ3) is 7.46. The SMILES string of the molecule is COc1ccc(Cl)cc1NC(=O)C(C)OC(=O)CCNC(=O)Cc1ccccc1. The number of halogens is 1. The topological polar surface area (TPSA) is 93.7 Å². The Morgan fingerprint density at radius 2 is 1.83 bits per heavy atom. The zero-order valence-corrected chi connectivity index (χ0v) is 17.0. The van der Waals surface area contributed by atoms with Gasteiger partial charge >= 0.3 is 5.97 Å². The zero-order chi connectivity index (χ0) is 21.2. The van der Waals surface area contributed by atoms with Crippen LogP contribution >= 0.6 is 11.6 Å². The van der Waals surface area contributed by atoms with Gasteiger partial charge in [-0.3, -0.25) is 14.4 Å². The van der Waals surface area contributed by atoms with E-state index in [1.165, 1.54) is 20.1 Å². The average Bonchev–Trinajstić information content (AvgIpc) is 2.68. The number of amides is 2. The Morgan fingerprint density at radius 1 is 1.10 bits per heavy atom. The molecule has 2 rings (SSSR count). The number of methoxy groups -OCH3 is 1. The summed E-state index contributed by atoms with van der Waals surface area (Å²) < 4.78 is 10.3. The Kier molecular flexibility index (Phi) is 8.48. The first-order valence-electron chi connectivity index (χ1n) is 9.03. The van der Waals surface area contributed by atoms with Crippen molar-refractivity contribution in [3.05, 3.63) is 59.1 Å². The van der Waals surface area contributed by atoms with Crippen LogP contribution in [0.5, 0.6) is 5.75 Å². The minimum absolute atomic E-state index is 0.0430. The fourth-order valence-electron chi connectivity index (χ4n) is 2.47. The highest BCUT2D eigenvalue weighted by molar-refractivity contribution is 6.31. The minimum Gasteiger partial charge on any atom is -0.495 e. The van der Waals surface area contributed by atoms with E-state index >= 15 is 0 Å². The molecule has 1 atom stereocenters. The number of carbonyl (C=O) groups is 3. The molecule has 0 aliphatic carbocycles. The Morgan fingerprint density at radius 3 is 2.52 bits per heavy atom. The van der Waals surface area contributed by atoms with Crippen molar-refractivity contribution in [3.63, 3.8) is 0 Å². The second kappa shape index (κ2) is 11.1. The largest absolute Gasteiger partial charge is 0.495 e. The van der Waals surface area contributed by atoms with Gasteiger partial charge in [-0.25, -0.2) is 0 Å². The summed E-state index contributed by atoms with van der Waals surface area (Å²) in [6.45, 7) is 1.58. The lowest BCUT2D eigenvalue weighted by Crippen LogP contribution is -2.32. The Bertz CT molecular complexity index is 857. The van der Waals surface area contributed by atoms with Gasteiger partial charge in [0, 0.05) is 11.6 Å². The van der Waals surface area contributed by atoms with Gasteiger partial charge in [0.05, 0.1) is 25.6 Å². The molecule has 0 aromatic heterocycles. The maximum Gasteiger partial charge on any atom is 0.308 e. The van der Waals surface area contributed by atoms with Crippen molar-refractivity contribution in [1.29, 1.82) is 0 Å². The number of nitrogens with one attached hydrogen (secondary N) is 2. The molecule has 0 bridgehead atoms. The lowest BCUT2D eigenvalue weighted by atomic mass is 10.1. The van der Waals surface area contributed by atoms with E-state index in [2.05, 4.69) is 10.6 Å². The van der Waals surface area contributed by atoms with E-state index in [-0.39, 0.29) is 25.3 Å². The molecule has 0 saturated carbocycles. The van der Waals surface area contributed by atoms with Gasteiger partial charge in [-0.1, -0.05) is 41.9 Å². The third-order valence-electron chi connectivity index (χ3n) is 3.96. The van der Waals surface area contributed by atoms with Crippen LogP contribution in [0.3, 0.4) is 0 Å². The van der Waals surface area contributed by atoms with Gasteiger partial charge in [0.2, 0.25) is 5.91 Å². The van der Waals surface area contributed by atoms with Crippen LogP contribution < -0.4 is 15.4 Å². The Hall–Kier alpha value is -3.06. The van der Waals surface area contributed by atoms with Crippen LogP contribution in [0, 0.1) is 0 Å². The van der Waals surface area contributed by atoms with E-state index in [9.17, 15) is 14.4 Å². The first-order valence-corrected chi connectivity index (χ1v) is 9.41. The predicted octanol–water partition coefficient (Wildman–Crippen LogP) is 2.97. The van der Waals surface area contributed by atoms with E-state index in [1.54, 1.807) is 12.1 Å². The second-order valence-corrected chi connectivity index (χ2v) is 6.66. The van der Waals surface area contributed by atoms with Crippen LogP contribution in [0.2, 0.25) is 5.02 Å². The summed E-state index contributed by atoms with van der Waals surface area (Å²) in [6, 6.07) is 14.1. The van der Waals surface area contributed by atoms with Crippen molar-refractivity contribution >= 4 is 35.1 Å². The summed E-state index contributed by atoms with van der Waals surface area (Å²) in [5.74, 6) is -0.872. The second-order valence-electron chi connectivity index (χ2n) is 6.23. The molecule has 154 valence electrons. The standard InChI is InChI=1S/C21H23ClN2O5/c1-14(21(27)24-17-13-16(22)8-9-18(17)28-2)29-20(26)10-11-23-19(25)12-15-6-4-3-5-7-15/h3-9,13-14H,10-12H2,1-2H3,(H,23,25)(H,24,27). The fraction of sp³-hybridized carbons (Fsp3) is 0.286. The van der Waals surface area contributed by atoms with Gasteiger partial charge in [0.1, 0.15) is 5.75 Å². The van der Waals surface area contributed by atoms with Crippen molar-refractivity contribution in [2.45, 2.75) is 25.9 Å². The van der Waals surface area contributed by atoms with E-state index in [4.69, 9.17) is 21.1 Å². The molecule has 0 aliphatic heterocycles. The smallest absolute Gasteiger partial charge is 0.308 e. The lowest BCUT2D eigenvalue weighted by Gasteiger charge is -2.15. The quantitative estimate of drug-likeness (QED) is 0.610. The highest BCUT2D eigenvalue weighted by Crippen LogP contribution is 2.27. The van der Waals surface area contributed by atoms with Gasteiger partial charge in [-0.15, -0.1) is 0 Å². The molecule has 2 amide bonds. The van der Waals surface area contributed by atoms with Crippen LogP contribution in [0.15, 0.2) is 48.5 Å². The molecule has 2 aromatic carbocycles. The molecule has 0 saturated heterocycles. The normalized spacial score (nSPS) is 11.3. The fourth-order valence-corrected chi connectivity index (χ4v) is 2.64. The summed E-state index contributed by atoms with van der Waals surface area (Å²) in [4.78, 5) is 36.0. The van der Waals surface area contributed by atoms with Gasteiger partial charge in [-0.2, -0.15) is 0 Å². The number of ether oxygens (including phenoxy) is 2. The van der Waals surface area contributed by atoms with Crippen molar-refractivity contribution in [1.82, 2.24) is 5.32 Å². The molecule has 0 heterocycles. The molecule has 2 N–H and O–H groups in total. The van der Waals surface area contributed by atoms with E-state index in [1.807, 2.05) is 30.3 Å². The summed E-state index contributed by atoms with van der Waals surface area (Å²) in [6.07, 6.45) is -0.833. The van der Waals surface area contributed by atoms with E-state index in [0.29, 0.717) is 16.5 Å². The van der Waals surface area contributed by atoms with Crippen molar-refractivity contribution < 1.29 is 23.9 Å².